The van der Waals surface area contributed by atoms with Crippen LogP contribution in [-0.2, 0) is 21.4 Å². The number of benzene rings is 1. The van der Waals surface area contributed by atoms with Gasteiger partial charge in [-0.15, -0.1) is 0 Å². The van der Waals surface area contributed by atoms with Crippen molar-refractivity contribution in [1.82, 2.24) is 5.32 Å². The van der Waals surface area contributed by atoms with E-state index >= 15 is 0 Å². The summed E-state index contributed by atoms with van der Waals surface area (Å²) in [6.45, 7) is 3.10. The molecule has 0 saturated heterocycles. The second-order valence-electron chi connectivity index (χ2n) is 8.32. The maximum Gasteiger partial charge on any atom is 0.174 e. The predicted octanol–water partition coefficient (Wildman–Crippen LogP) is 2.08. The molecule has 3 aliphatic carbocycles. The Hall–Kier alpha value is -1.59. The minimum atomic E-state index is -0.575. The fraction of sp³-hybridized carbons (Fsp3) is 0.650. The number of carbonyl (C=O) groups excluding carboxylic acids is 1. The van der Waals surface area contributed by atoms with Crippen molar-refractivity contribution in [1.29, 1.82) is 0 Å². The Bertz CT molecular complexity index is 758. The third-order valence-corrected chi connectivity index (χ3v) is 7.12. The maximum absolute atomic E-state index is 12.7. The number of carbonyl (C=O) groups is 1. The summed E-state index contributed by atoms with van der Waals surface area (Å²) in [5.41, 5.74) is 1.08. The highest BCUT2D eigenvalue weighted by Gasteiger charge is 2.69. The number of hydrogen-bond donors (Lipinski definition) is 2. The van der Waals surface area contributed by atoms with Crippen LogP contribution < -0.4 is 10.1 Å². The van der Waals surface area contributed by atoms with Gasteiger partial charge in [0.2, 0.25) is 0 Å². The van der Waals surface area contributed by atoms with Crippen molar-refractivity contribution in [3.63, 3.8) is 0 Å². The first-order valence-corrected chi connectivity index (χ1v) is 9.34. The molecule has 5 nitrogen and oxygen atoms in total. The second kappa shape index (κ2) is 4.98. The number of Topliss-reactive ketones (excluding diaryl/α,β-unsaturated/α-hetero) is 1. The Morgan fingerprint density at radius 1 is 1.40 bits per heavy atom. The maximum atomic E-state index is 12.7. The van der Waals surface area contributed by atoms with Crippen LogP contribution in [-0.4, -0.2) is 42.3 Å². The first kappa shape index (κ1) is 15.6. The minimum Gasteiger partial charge on any atom is -0.504 e. The van der Waals surface area contributed by atoms with E-state index in [1.165, 1.54) is 12.8 Å². The zero-order valence-electron chi connectivity index (χ0n) is 14.8. The number of ketones is 1. The molecule has 0 aromatic heterocycles. The third kappa shape index (κ3) is 1.83. The summed E-state index contributed by atoms with van der Waals surface area (Å²) in [7, 11) is 1.76. The van der Waals surface area contributed by atoms with Crippen LogP contribution in [0.1, 0.15) is 43.7 Å². The van der Waals surface area contributed by atoms with E-state index in [0.29, 0.717) is 18.6 Å². The number of methoxy groups -OCH3 is 1. The summed E-state index contributed by atoms with van der Waals surface area (Å²) >= 11 is 0. The molecular weight excluding hydrogens is 318 g/mol. The number of hydrogen-bond acceptors (Lipinski definition) is 5. The first-order chi connectivity index (χ1) is 12.0. The lowest BCUT2D eigenvalue weighted by atomic mass is 9.52. The van der Waals surface area contributed by atoms with Gasteiger partial charge >= 0.3 is 0 Å². The average Bonchev–Trinajstić information content (AvgIpc) is 3.36. The van der Waals surface area contributed by atoms with E-state index in [1.54, 1.807) is 13.2 Å². The summed E-state index contributed by atoms with van der Waals surface area (Å²) in [6, 6.07) is 3.82. The van der Waals surface area contributed by atoms with Crippen molar-refractivity contribution in [2.75, 3.05) is 13.7 Å². The molecular formula is C20H25NO4. The molecule has 0 amide bonds. The molecule has 4 atom stereocenters. The number of phenols is 1. The van der Waals surface area contributed by atoms with E-state index in [1.807, 2.05) is 6.07 Å². The standard InChI is InChI=1S/C20H25NO4/c1-19-16-12-5-6-13(22)17(16)25-18(19)14(23)7-8-20(19,24-2)15(9-12)21-10-11-3-4-11/h5-6,11,15,18,21-22H,3-4,7-10H2,1-2H3/t15-,18+,19+,20-/m0/s1. The molecule has 5 rings (SSSR count). The zero-order chi connectivity index (χ0) is 17.4. The second-order valence-corrected chi connectivity index (χ2v) is 8.32. The van der Waals surface area contributed by atoms with E-state index in [0.717, 1.165) is 30.0 Å². The molecule has 4 aliphatic rings. The first-order valence-electron chi connectivity index (χ1n) is 9.34. The molecule has 2 N–H and O–H groups in total. The Morgan fingerprint density at radius 2 is 2.20 bits per heavy atom. The number of ether oxygens (including phenoxy) is 2. The molecule has 0 unspecified atom stereocenters. The van der Waals surface area contributed by atoms with Crippen LogP contribution in [0.2, 0.25) is 0 Å². The van der Waals surface area contributed by atoms with E-state index in [4.69, 9.17) is 9.47 Å². The SMILES string of the molecule is CO[C@]12CCC(=O)[C@H]3Oc4c(O)ccc(c4[C@]31C)C[C@@H]2NCC1CC1. The van der Waals surface area contributed by atoms with Crippen LogP contribution in [0.3, 0.4) is 0 Å². The van der Waals surface area contributed by atoms with Gasteiger partial charge in [-0.3, -0.25) is 4.79 Å². The summed E-state index contributed by atoms with van der Waals surface area (Å²) < 4.78 is 12.3. The Balaban J connectivity index is 1.68. The van der Waals surface area contributed by atoms with Gasteiger partial charge in [0.15, 0.2) is 23.4 Å². The molecule has 1 aromatic rings. The van der Waals surface area contributed by atoms with Crippen LogP contribution in [0.25, 0.3) is 0 Å². The molecule has 0 bridgehead atoms. The fourth-order valence-corrected chi connectivity index (χ4v) is 5.60. The minimum absolute atomic E-state index is 0.111. The summed E-state index contributed by atoms with van der Waals surface area (Å²) in [5, 5.41) is 14.1. The van der Waals surface area contributed by atoms with Crippen molar-refractivity contribution in [3.05, 3.63) is 23.3 Å². The van der Waals surface area contributed by atoms with Crippen LogP contribution in [0, 0.1) is 5.92 Å². The lowest BCUT2D eigenvalue weighted by Crippen LogP contribution is -2.72. The quantitative estimate of drug-likeness (QED) is 0.876. The molecule has 5 heteroatoms. The van der Waals surface area contributed by atoms with Gasteiger partial charge in [0, 0.05) is 25.1 Å². The molecule has 1 heterocycles. The molecule has 0 spiro atoms. The molecule has 2 fully saturated rings. The number of nitrogens with one attached hydrogen (secondary N) is 1. The van der Waals surface area contributed by atoms with E-state index in [9.17, 15) is 9.90 Å². The van der Waals surface area contributed by atoms with Crippen LogP contribution >= 0.6 is 0 Å². The van der Waals surface area contributed by atoms with Crippen molar-refractivity contribution in [3.8, 4) is 11.5 Å². The van der Waals surface area contributed by atoms with E-state index in [2.05, 4.69) is 12.2 Å². The Kier molecular flexibility index (Phi) is 3.12. The normalized spacial score (nSPS) is 38.4. The van der Waals surface area contributed by atoms with Gasteiger partial charge in [-0.2, -0.15) is 0 Å². The lowest BCUT2D eigenvalue weighted by Gasteiger charge is -2.57. The lowest BCUT2D eigenvalue weighted by molar-refractivity contribution is -0.164. The molecule has 134 valence electrons. The summed E-state index contributed by atoms with van der Waals surface area (Å²) in [6.07, 6.45) is 4.01. The molecule has 1 aromatic carbocycles. The molecule has 25 heavy (non-hydrogen) atoms. The average molecular weight is 343 g/mol. The van der Waals surface area contributed by atoms with Crippen molar-refractivity contribution >= 4 is 5.78 Å². The van der Waals surface area contributed by atoms with E-state index < -0.39 is 17.1 Å². The number of phenolic OH excluding ortho intramolecular Hbond substituents is 1. The predicted molar refractivity (Wildman–Crippen MR) is 92.1 cm³/mol. The Morgan fingerprint density at radius 3 is 2.92 bits per heavy atom. The van der Waals surface area contributed by atoms with Gasteiger partial charge in [0.05, 0.1) is 11.0 Å². The van der Waals surface area contributed by atoms with Gasteiger partial charge < -0.3 is 19.9 Å². The largest absolute Gasteiger partial charge is 0.504 e. The van der Waals surface area contributed by atoms with Crippen LogP contribution in [0.15, 0.2) is 12.1 Å². The number of rotatable bonds is 4. The van der Waals surface area contributed by atoms with E-state index in [-0.39, 0.29) is 17.6 Å². The van der Waals surface area contributed by atoms with Gasteiger partial charge in [-0.05, 0) is 56.7 Å². The van der Waals surface area contributed by atoms with Crippen LogP contribution in [0.5, 0.6) is 11.5 Å². The van der Waals surface area contributed by atoms with Gasteiger partial charge in [0.25, 0.3) is 0 Å². The molecule has 0 radical (unpaired) electrons. The number of aromatic hydroxyl groups is 1. The fourth-order valence-electron chi connectivity index (χ4n) is 5.60. The summed E-state index contributed by atoms with van der Waals surface area (Å²) in [4.78, 5) is 12.7. The van der Waals surface area contributed by atoms with Gasteiger partial charge in [-0.25, -0.2) is 0 Å². The van der Waals surface area contributed by atoms with Gasteiger partial charge in [-0.1, -0.05) is 6.07 Å². The zero-order valence-corrected chi connectivity index (χ0v) is 14.8. The molecule has 2 saturated carbocycles. The Labute approximate surface area is 147 Å². The highest BCUT2D eigenvalue weighted by atomic mass is 16.5. The highest BCUT2D eigenvalue weighted by Crippen LogP contribution is 2.62. The smallest absolute Gasteiger partial charge is 0.174 e. The van der Waals surface area contributed by atoms with Crippen molar-refractivity contribution in [2.45, 2.75) is 62.2 Å². The molecule has 1 aliphatic heterocycles. The van der Waals surface area contributed by atoms with Crippen LogP contribution in [0.4, 0.5) is 0 Å². The summed E-state index contributed by atoms with van der Waals surface area (Å²) in [5.74, 6) is 1.50. The topological polar surface area (TPSA) is 67.8 Å². The van der Waals surface area contributed by atoms with Crippen molar-refractivity contribution < 1.29 is 19.4 Å². The monoisotopic (exact) mass is 343 g/mol. The highest BCUT2D eigenvalue weighted by molar-refractivity contribution is 5.89. The third-order valence-electron chi connectivity index (χ3n) is 7.12. The van der Waals surface area contributed by atoms with Gasteiger partial charge in [0.1, 0.15) is 0 Å². The van der Waals surface area contributed by atoms with Crippen molar-refractivity contribution in [2.24, 2.45) is 5.92 Å².